The van der Waals surface area contributed by atoms with E-state index in [0.717, 1.165) is 0 Å². The van der Waals surface area contributed by atoms with E-state index in [1.165, 1.54) is 41.4 Å². The largest absolute Gasteiger partial charge is 0.493 e. The molecule has 0 amide bonds. The smallest absolute Gasteiger partial charge is 0.202 e. The molecule has 13 nitrogen and oxygen atoms in total. The first kappa shape index (κ1) is 36.2. The number of hydrogen-bond acceptors (Lipinski definition) is 13. The highest BCUT2D eigenvalue weighted by molar-refractivity contribution is 6.31. The lowest BCUT2D eigenvalue weighted by Gasteiger charge is -2.42. The fraction of sp³-hybridized carbons (Fsp3) is 0.559. The summed E-state index contributed by atoms with van der Waals surface area (Å²) in [6, 6.07) is 3.09. The molecule has 4 rings (SSSR count). The first-order valence-electron chi connectivity index (χ1n) is 15.3. The molecule has 0 heterocycles. The van der Waals surface area contributed by atoms with Crippen LogP contribution in [0.4, 0.5) is 0 Å². The average Bonchev–Trinajstić information content (AvgIpc) is 3.07. The lowest BCUT2D eigenvalue weighted by Crippen LogP contribution is -2.48. The van der Waals surface area contributed by atoms with Crippen LogP contribution in [0.15, 0.2) is 12.1 Å². The second-order valence-electron chi connectivity index (χ2n) is 11.0. The normalized spacial score (nSPS) is 18.3. The first-order valence-corrected chi connectivity index (χ1v) is 15.3. The Bertz CT molecular complexity index is 1450. The maximum absolute atomic E-state index is 14.7. The molecule has 13 heteroatoms. The first-order chi connectivity index (χ1) is 22.7. The van der Waals surface area contributed by atoms with Crippen molar-refractivity contribution in [3.05, 3.63) is 45.5 Å². The minimum absolute atomic E-state index is 0.00359. The number of ketones is 3. The summed E-state index contributed by atoms with van der Waals surface area (Å²) in [6.45, 7) is 2.72. The van der Waals surface area contributed by atoms with Gasteiger partial charge in [-0.2, -0.15) is 0 Å². The molecule has 2 atom stereocenters. The fourth-order valence-electron chi connectivity index (χ4n) is 6.06. The summed E-state index contributed by atoms with van der Waals surface area (Å²) in [7, 11) is 8.99. The van der Waals surface area contributed by atoms with E-state index >= 15 is 0 Å². The van der Waals surface area contributed by atoms with Gasteiger partial charge < -0.3 is 47.4 Å². The van der Waals surface area contributed by atoms with E-state index < -0.39 is 23.3 Å². The molecule has 2 aliphatic carbocycles. The Morgan fingerprint density at radius 1 is 0.702 bits per heavy atom. The zero-order chi connectivity index (χ0) is 34.1. The minimum atomic E-state index is -1.36. The lowest BCUT2D eigenvalue weighted by molar-refractivity contribution is -0.154. The van der Waals surface area contributed by atoms with E-state index in [-0.39, 0.29) is 117 Å². The van der Waals surface area contributed by atoms with E-state index in [0.29, 0.717) is 11.1 Å². The standard InChI is InChI=1S/C34H44O13/c1-20(35)34(47-17-13-41-5)18-22-25(24(19-34)44-14-10-38-2)33(46-16-12-40-4)28-27(31(22)45-15-11-39-3)29(36)21-8-9-23(42-6)32(43-7)26(21)30(28)37/h8-9,24H,10-19H2,1-7H3. The number of benzene rings is 2. The highest BCUT2D eigenvalue weighted by Crippen LogP contribution is 2.54. The Morgan fingerprint density at radius 2 is 1.30 bits per heavy atom. The molecule has 0 aliphatic heterocycles. The number of carbonyl (C=O) groups excluding carboxylic acids is 3. The topological polar surface area (TPSA) is 144 Å². The van der Waals surface area contributed by atoms with Gasteiger partial charge in [0.1, 0.15) is 30.3 Å². The van der Waals surface area contributed by atoms with Crippen LogP contribution in [0.3, 0.4) is 0 Å². The molecule has 0 radical (unpaired) electrons. The van der Waals surface area contributed by atoms with Crippen molar-refractivity contribution in [2.75, 3.05) is 95.5 Å². The molecule has 2 aromatic carbocycles. The van der Waals surface area contributed by atoms with Gasteiger partial charge >= 0.3 is 0 Å². The van der Waals surface area contributed by atoms with Crippen molar-refractivity contribution in [3.8, 4) is 23.0 Å². The average molecular weight is 661 g/mol. The zero-order valence-electron chi connectivity index (χ0n) is 28.1. The molecule has 0 fully saturated rings. The summed E-state index contributed by atoms with van der Waals surface area (Å²) < 4.78 is 57.4. The van der Waals surface area contributed by atoms with Crippen LogP contribution in [-0.4, -0.2) is 118 Å². The number of fused-ring (bicyclic) bond motifs is 3. The Balaban J connectivity index is 2.09. The fourth-order valence-corrected chi connectivity index (χ4v) is 6.06. The maximum atomic E-state index is 14.7. The third kappa shape index (κ3) is 7.15. The maximum Gasteiger partial charge on any atom is 0.202 e. The van der Waals surface area contributed by atoms with Gasteiger partial charge in [0, 0.05) is 58.0 Å². The van der Waals surface area contributed by atoms with Crippen molar-refractivity contribution in [1.82, 2.24) is 0 Å². The van der Waals surface area contributed by atoms with Crippen LogP contribution in [0, 0.1) is 0 Å². The molecule has 47 heavy (non-hydrogen) atoms. The molecule has 2 unspecified atom stereocenters. The van der Waals surface area contributed by atoms with Crippen molar-refractivity contribution in [1.29, 1.82) is 0 Å². The lowest BCUT2D eigenvalue weighted by atomic mass is 9.71. The van der Waals surface area contributed by atoms with Crippen LogP contribution in [0.1, 0.15) is 62.4 Å². The number of Topliss-reactive ketones (excluding diaryl/α,β-unsaturated/α-hetero) is 1. The molecule has 0 N–H and O–H groups in total. The molecular formula is C34H44O13. The Labute approximate surface area is 274 Å². The van der Waals surface area contributed by atoms with Gasteiger partial charge in [0.2, 0.25) is 5.78 Å². The summed E-state index contributed by atoms with van der Waals surface area (Å²) in [5.74, 6) is -0.584. The van der Waals surface area contributed by atoms with Crippen LogP contribution in [0.5, 0.6) is 23.0 Å². The molecule has 2 aliphatic rings. The molecule has 0 bridgehead atoms. The summed E-state index contributed by atoms with van der Waals surface area (Å²) in [4.78, 5) is 42.7. The van der Waals surface area contributed by atoms with Crippen molar-refractivity contribution in [3.63, 3.8) is 0 Å². The van der Waals surface area contributed by atoms with E-state index in [2.05, 4.69) is 0 Å². The van der Waals surface area contributed by atoms with Crippen LogP contribution >= 0.6 is 0 Å². The number of ether oxygens (including phenoxy) is 10. The highest BCUT2D eigenvalue weighted by Gasteiger charge is 2.50. The monoisotopic (exact) mass is 660 g/mol. The number of carbonyl (C=O) groups is 3. The molecule has 258 valence electrons. The van der Waals surface area contributed by atoms with E-state index in [9.17, 15) is 14.4 Å². The minimum Gasteiger partial charge on any atom is -0.493 e. The number of methoxy groups -OCH3 is 6. The van der Waals surface area contributed by atoms with Gasteiger partial charge in [0.05, 0.1) is 76.7 Å². The van der Waals surface area contributed by atoms with Crippen molar-refractivity contribution in [2.45, 2.75) is 31.5 Å². The number of rotatable bonds is 19. The highest BCUT2D eigenvalue weighted by atomic mass is 16.6. The van der Waals surface area contributed by atoms with Crippen LogP contribution in [0.25, 0.3) is 0 Å². The van der Waals surface area contributed by atoms with Crippen LogP contribution < -0.4 is 18.9 Å². The predicted molar refractivity (Wildman–Crippen MR) is 168 cm³/mol. The Hall–Kier alpha value is -3.59. The summed E-state index contributed by atoms with van der Waals surface area (Å²) in [6.07, 6.45) is -0.720. The van der Waals surface area contributed by atoms with Gasteiger partial charge in [-0.1, -0.05) is 0 Å². The molecule has 0 saturated carbocycles. The van der Waals surface area contributed by atoms with Gasteiger partial charge in [-0.3, -0.25) is 14.4 Å². The second kappa shape index (κ2) is 16.5. The van der Waals surface area contributed by atoms with Gasteiger partial charge in [0.15, 0.2) is 23.1 Å². The summed E-state index contributed by atoms with van der Waals surface area (Å²) in [5, 5.41) is 0. The van der Waals surface area contributed by atoms with Crippen LogP contribution in [-0.2, 0) is 39.6 Å². The van der Waals surface area contributed by atoms with Crippen molar-refractivity contribution >= 4 is 17.3 Å². The van der Waals surface area contributed by atoms with Gasteiger partial charge in [-0.05, 0) is 19.1 Å². The van der Waals surface area contributed by atoms with Crippen molar-refractivity contribution < 1.29 is 61.8 Å². The zero-order valence-corrected chi connectivity index (χ0v) is 28.1. The van der Waals surface area contributed by atoms with E-state index in [1.807, 2.05) is 0 Å². The molecular weight excluding hydrogens is 616 g/mol. The Kier molecular flexibility index (Phi) is 12.7. The third-order valence-electron chi connectivity index (χ3n) is 8.30. The molecule has 0 aromatic heterocycles. The second-order valence-corrected chi connectivity index (χ2v) is 11.0. The summed E-state index contributed by atoms with van der Waals surface area (Å²) in [5.41, 5.74) is -0.289. The predicted octanol–water partition coefficient (Wildman–Crippen LogP) is 3.17. The quantitative estimate of drug-likeness (QED) is 0.174. The molecule has 0 saturated heterocycles. The van der Waals surface area contributed by atoms with E-state index in [4.69, 9.17) is 47.4 Å². The third-order valence-corrected chi connectivity index (χ3v) is 8.30. The van der Waals surface area contributed by atoms with Crippen molar-refractivity contribution in [2.24, 2.45) is 0 Å². The van der Waals surface area contributed by atoms with Gasteiger partial charge in [0.25, 0.3) is 0 Å². The van der Waals surface area contributed by atoms with Gasteiger partial charge in [-0.15, -0.1) is 0 Å². The molecule has 0 spiro atoms. The Morgan fingerprint density at radius 3 is 1.89 bits per heavy atom. The van der Waals surface area contributed by atoms with Crippen LogP contribution in [0.2, 0.25) is 0 Å². The summed E-state index contributed by atoms with van der Waals surface area (Å²) >= 11 is 0. The van der Waals surface area contributed by atoms with E-state index in [1.54, 1.807) is 20.3 Å². The SMILES string of the molecule is COCCOc1c2c(c(OCCOC)c3c1C(=O)c1ccc(OC)c(OC)c1C3=O)C(OCCOC)CC(OCCOC)(C(C)=O)C2. The molecule has 2 aromatic rings. The number of hydrogen-bond donors (Lipinski definition) is 0. The van der Waals surface area contributed by atoms with Gasteiger partial charge in [-0.25, -0.2) is 0 Å².